The van der Waals surface area contributed by atoms with E-state index in [0.717, 1.165) is 12.1 Å². The molecule has 3 aromatic rings. The number of hydrogen-bond acceptors (Lipinski definition) is 4. The normalized spacial score (nSPS) is 18.8. The van der Waals surface area contributed by atoms with Gasteiger partial charge < -0.3 is 9.84 Å². The van der Waals surface area contributed by atoms with Crippen LogP contribution in [0.2, 0.25) is 5.02 Å². The lowest BCUT2D eigenvalue weighted by Crippen LogP contribution is -2.44. The maximum absolute atomic E-state index is 15.4. The maximum Gasteiger partial charge on any atom is 0.416 e. The first-order valence-corrected chi connectivity index (χ1v) is 12.8. The number of alkyl halides is 4. The Balaban J connectivity index is 1.37. The molecule has 0 radical (unpaired) electrons. The van der Waals surface area contributed by atoms with Gasteiger partial charge in [0.05, 0.1) is 35.7 Å². The zero-order valence-corrected chi connectivity index (χ0v) is 21.9. The molecule has 0 bridgehead atoms. The van der Waals surface area contributed by atoms with E-state index in [4.69, 9.17) is 16.3 Å². The number of fused-ring (bicyclic) bond motifs is 1. The van der Waals surface area contributed by atoms with Gasteiger partial charge in [-0.25, -0.2) is 4.39 Å². The molecule has 0 saturated carbocycles. The number of carboxylic acid groups (broad SMARTS) is 1. The highest BCUT2D eigenvalue weighted by molar-refractivity contribution is 6.31. The van der Waals surface area contributed by atoms with E-state index in [2.05, 4.69) is 16.8 Å². The molecule has 0 spiro atoms. The first-order valence-electron chi connectivity index (χ1n) is 12.4. The summed E-state index contributed by atoms with van der Waals surface area (Å²) in [6, 6.07) is 9.91. The van der Waals surface area contributed by atoms with Crippen LogP contribution in [-0.2, 0) is 11.0 Å². The quantitative estimate of drug-likeness (QED) is 0.254. The molecule has 0 unspecified atom stereocenters. The van der Waals surface area contributed by atoms with E-state index in [-0.39, 0.29) is 36.0 Å². The van der Waals surface area contributed by atoms with Crippen LogP contribution in [0.5, 0.6) is 5.75 Å². The second-order valence-electron chi connectivity index (χ2n) is 9.55. The number of rotatable bonds is 7. The molecule has 10 heteroatoms. The molecule has 2 heterocycles. The van der Waals surface area contributed by atoms with Gasteiger partial charge in [0.15, 0.2) is 0 Å². The molecule has 5 nitrogen and oxygen atoms in total. The highest BCUT2D eigenvalue weighted by Crippen LogP contribution is 2.36. The van der Waals surface area contributed by atoms with E-state index < -0.39 is 29.8 Å². The summed E-state index contributed by atoms with van der Waals surface area (Å²) in [4.78, 5) is 18.2. The summed E-state index contributed by atoms with van der Waals surface area (Å²) < 4.78 is 59.1. The third-order valence-electron chi connectivity index (χ3n) is 7.09. The second kappa shape index (κ2) is 12.2. The van der Waals surface area contributed by atoms with Crippen LogP contribution in [0.4, 0.5) is 17.6 Å². The van der Waals surface area contributed by atoms with Crippen LogP contribution in [0.3, 0.4) is 0 Å². The molecular weight excluding hydrogens is 536 g/mol. The second-order valence-corrected chi connectivity index (χ2v) is 9.96. The van der Waals surface area contributed by atoms with Crippen molar-refractivity contribution in [3.8, 4) is 17.6 Å². The minimum absolute atomic E-state index is 0.0966. The molecule has 1 saturated heterocycles. The lowest BCUT2D eigenvalue weighted by molar-refractivity contribution is -0.146. The Morgan fingerprint density at radius 2 is 2.05 bits per heavy atom. The van der Waals surface area contributed by atoms with Crippen molar-refractivity contribution >= 4 is 28.5 Å². The third-order valence-corrected chi connectivity index (χ3v) is 7.40. The van der Waals surface area contributed by atoms with Crippen LogP contribution in [-0.4, -0.2) is 47.7 Å². The van der Waals surface area contributed by atoms with Gasteiger partial charge in [0.25, 0.3) is 0 Å². The zero-order valence-electron chi connectivity index (χ0n) is 21.1. The number of hydrogen-bond donors (Lipinski definition) is 1. The van der Waals surface area contributed by atoms with Gasteiger partial charge >= 0.3 is 12.1 Å². The lowest BCUT2D eigenvalue weighted by atomic mass is 9.81. The van der Waals surface area contributed by atoms with Crippen molar-refractivity contribution in [2.24, 2.45) is 11.8 Å². The number of benzene rings is 2. The summed E-state index contributed by atoms with van der Waals surface area (Å²) in [5, 5.41) is 10.4. The number of carbonyl (C=O) groups is 1. The molecule has 1 aliphatic heterocycles. The van der Waals surface area contributed by atoms with Gasteiger partial charge in [-0.2, -0.15) is 13.2 Å². The zero-order chi connectivity index (χ0) is 28.2. The summed E-state index contributed by atoms with van der Waals surface area (Å²) in [5.74, 6) is 4.43. The molecular formula is C29H27ClF4N2O3. The Bertz CT molecular complexity index is 1400. The minimum Gasteiger partial charge on any atom is -0.497 e. The van der Waals surface area contributed by atoms with E-state index >= 15 is 4.39 Å². The predicted octanol–water partition coefficient (Wildman–Crippen LogP) is 6.78. The van der Waals surface area contributed by atoms with Gasteiger partial charge in [0.2, 0.25) is 0 Å². The van der Waals surface area contributed by atoms with Crippen molar-refractivity contribution in [2.45, 2.75) is 31.6 Å². The van der Waals surface area contributed by atoms with Crippen molar-refractivity contribution in [3.05, 3.63) is 70.4 Å². The van der Waals surface area contributed by atoms with Gasteiger partial charge in [-0.3, -0.25) is 14.7 Å². The molecule has 0 amide bonds. The van der Waals surface area contributed by atoms with Crippen molar-refractivity contribution in [1.82, 2.24) is 9.88 Å². The summed E-state index contributed by atoms with van der Waals surface area (Å²) in [6.07, 6.45) is -3.06. The topological polar surface area (TPSA) is 62.7 Å². The number of nitrogens with zero attached hydrogens (tertiary/aromatic N) is 2. The number of pyridine rings is 1. The summed E-state index contributed by atoms with van der Waals surface area (Å²) in [6.45, 7) is 1.07. The van der Waals surface area contributed by atoms with Gasteiger partial charge in [0.1, 0.15) is 11.9 Å². The Morgan fingerprint density at radius 3 is 2.74 bits per heavy atom. The van der Waals surface area contributed by atoms with E-state index in [1.54, 1.807) is 30.5 Å². The summed E-state index contributed by atoms with van der Waals surface area (Å²) in [7, 11) is 1.54. The maximum atomic E-state index is 15.4. The van der Waals surface area contributed by atoms with E-state index in [9.17, 15) is 23.1 Å². The predicted molar refractivity (Wildman–Crippen MR) is 140 cm³/mol. The van der Waals surface area contributed by atoms with Crippen LogP contribution < -0.4 is 4.74 Å². The monoisotopic (exact) mass is 562 g/mol. The highest BCUT2D eigenvalue weighted by atomic mass is 35.5. The fourth-order valence-corrected chi connectivity index (χ4v) is 5.17. The van der Waals surface area contributed by atoms with Gasteiger partial charge in [0, 0.05) is 23.7 Å². The summed E-state index contributed by atoms with van der Waals surface area (Å²) in [5.41, 5.74) is 0.577. The van der Waals surface area contributed by atoms with E-state index in [1.807, 2.05) is 4.90 Å². The average Bonchev–Trinajstić information content (AvgIpc) is 2.91. The van der Waals surface area contributed by atoms with Gasteiger partial charge in [-0.1, -0.05) is 23.4 Å². The molecule has 4 rings (SSSR count). The smallest absolute Gasteiger partial charge is 0.416 e. The molecule has 2 aromatic carbocycles. The van der Waals surface area contributed by atoms with Crippen molar-refractivity contribution in [1.29, 1.82) is 0 Å². The van der Waals surface area contributed by atoms with Crippen LogP contribution in [0, 0.1) is 23.7 Å². The molecule has 0 aliphatic carbocycles. The standard InChI is InChI=1S/C29H27ClF4N2O3/c1-39-21-7-9-27-23(16-21)22(10-12-35-27)26(31)8-5-18-11-14-36(17-24(18)28(37)38)13-2-3-19-4-6-20(15-25(19)30)29(32,33)34/h4,6-7,9-10,12,15-16,18,24,26H,5,8,11,13-14,17H2,1H3,(H,37,38)/t18-,24+,26+/m1/s1. The molecule has 1 N–H and O–H groups in total. The average molecular weight is 563 g/mol. The van der Waals surface area contributed by atoms with Crippen LogP contribution in [0.25, 0.3) is 10.9 Å². The SMILES string of the molecule is COc1ccc2nccc([C@@H](F)CC[C@@H]3CCN(CC#Cc4ccc(C(F)(F)F)cc4Cl)C[C@@H]3C(=O)O)c2c1. The minimum atomic E-state index is -4.49. The third kappa shape index (κ3) is 7.00. The highest BCUT2D eigenvalue weighted by Gasteiger charge is 2.34. The van der Waals surface area contributed by atoms with Gasteiger partial charge in [-0.15, -0.1) is 0 Å². The van der Waals surface area contributed by atoms with E-state index in [1.165, 1.54) is 13.2 Å². The van der Waals surface area contributed by atoms with Crippen molar-refractivity contribution in [3.63, 3.8) is 0 Å². The number of methoxy groups -OCH3 is 1. The fraction of sp³-hybridized carbons (Fsp3) is 0.379. The van der Waals surface area contributed by atoms with Crippen LogP contribution >= 0.6 is 11.6 Å². The van der Waals surface area contributed by atoms with Gasteiger partial charge in [-0.05, 0) is 79.8 Å². The number of aliphatic carboxylic acids is 1. The largest absolute Gasteiger partial charge is 0.497 e. The number of aromatic nitrogens is 1. The first-order chi connectivity index (χ1) is 18.6. The number of ether oxygens (including phenoxy) is 1. The lowest BCUT2D eigenvalue weighted by Gasteiger charge is -2.35. The Hall–Kier alpha value is -3.35. The molecule has 3 atom stereocenters. The number of piperidine rings is 1. The van der Waals surface area contributed by atoms with Crippen molar-refractivity contribution in [2.75, 3.05) is 26.7 Å². The molecule has 1 fully saturated rings. The van der Waals surface area contributed by atoms with Crippen LogP contribution in [0.1, 0.15) is 42.1 Å². The first kappa shape index (κ1) is 28.7. The van der Waals surface area contributed by atoms with Crippen molar-refractivity contribution < 1.29 is 32.2 Å². The molecule has 39 heavy (non-hydrogen) atoms. The number of carboxylic acids is 1. The molecule has 1 aromatic heterocycles. The van der Waals surface area contributed by atoms with Crippen LogP contribution in [0.15, 0.2) is 48.7 Å². The Morgan fingerprint density at radius 1 is 1.26 bits per heavy atom. The summed E-state index contributed by atoms with van der Waals surface area (Å²) >= 11 is 5.96. The Labute approximate surface area is 228 Å². The number of likely N-dealkylation sites (tertiary alicyclic amines) is 1. The molecule has 206 valence electrons. The fourth-order valence-electron chi connectivity index (χ4n) is 4.94. The number of halogens is 5. The Kier molecular flexibility index (Phi) is 8.98. The van der Waals surface area contributed by atoms with E-state index in [0.29, 0.717) is 41.6 Å². The molecule has 1 aliphatic rings.